The van der Waals surface area contributed by atoms with Crippen molar-refractivity contribution in [3.63, 3.8) is 0 Å². The van der Waals surface area contributed by atoms with E-state index < -0.39 is 0 Å². The Morgan fingerprint density at radius 3 is 2.72 bits per heavy atom. The monoisotopic (exact) mass is 250 g/mol. The van der Waals surface area contributed by atoms with Gasteiger partial charge in [-0.1, -0.05) is 0 Å². The Hall–Kier alpha value is -1.09. The van der Waals surface area contributed by atoms with E-state index in [0.717, 1.165) is 25.1 Å². The molecule has 1 aromatic rings. The lowest BCUT2D eigenvalue weighted by molar-refractivity contribution is 0.271. The van der Waals surface area contributed by atoms with Crippen molar-refractivity contribution in [2.24, 2.45) is 0 Å². The Morgan fingerprint density at radius 2 is 2.11 bits per heavy atom. The average molecular weight is 250 g/mol. The molecule has 1 fully saturated rings. The smallest absolute Gasteiger partial charge is 0.126 e. The highest BCUT2D eigenvalue weighted by Gasteiger charge is 2.29. The summed E-state index contributed by atoms with van der Waals surface area (Å²) in [7, 11) is 2.11. The highest BCUT2D eigenvalue weighted by molar-refractivity contribution is 5.49. The SMILES string of the molecule is Cc1cc(N(C)C2CCNC(C)(C)C2)ccc1F. The van der Waals surface area contributed by atoms with Crippen LogP contribution in [0.1, 0.15) is 32.3 Å². The van der Waals surface area contributed by atoms with Gasteiger partial charge in [-0.2, -0.15) is 0 Å². The van der Waals surface area contributed by atoms with Gasteiger partial charge in [0.15, 0.2) is 0 Å². The number of nitrogens with one attached hydrogen (secondary N) is 1. The second-order valence-electron chi connectivity index (χ2n) is 6.00. The molecule has 0 bridgehead atoms. The molecule has 0 spiro atoms. The number of aryl methyl sites for hydroxylation is 1. The molecular formula is C15H23FN2. The Kier molecular flexibility index (Phi) is 3.62. The van der Waals surface area contributed by atoms with E-state index in [0.29, 0.717) is 11.6 Å². The minimum atomic E-state index is -0.127. The lowest BCUT2D eigenvalue weighted by Gasteiger charge is -2.41. The maximum atomic E-state index is 13.3. The first-order valence-corrected chi connectivity index (χ1v) is 6.63. The second-order valence-corrected chi connectivity index (χ2v) is 6.00. The van der Waals surface area contributed by atoms with Crippen LogP contribution in [0.2, 0.25) is 0 Å². The topological polar surface area (TPSA) is 15.3 Å². The normalized spacial score (nSPS) is 22.8. The molecule has 0 saturated carbocycles. The van der Waals surface area contributed by atoms with Crippen LogP contribution in [-0.4, -0.2) is 25.2 Å². The number of anilines is 1. The number of hydrogen-bond donors (Lipinski definition) is 1. The van der Waals surface area contributed by atoms with E-state index in [1.54, 1.807) is 6.07 Å². The van der Waals surface area contributed by atoms with Crippen molar-refractivity contribution in [3.05, 3.63) is 29.6 Å². The minimum absolute atomic E-state index is 0.127. The quantitative estimate of drug-likeness (QED) is 0.867. The molecule has 1 aliphatic rings. The molecule has 1 aliphatic heterocycles. The van der Waals surface area contributed by atoms with Crippen molar-refractivity contribution in [2.45, 2.75) is 45.2 Å². The first-order chi connectivity index (χ1) is 8.39. The summed E-state index contributed by atoms with van der Waals surface area (Å²) >= 11 is 0. The molecule has 100 valence electrons. The van der Waals surface area contributed by atoms with E-state index in [1.165, 1.54) is 0 Å². The van der Waals surface area contributed by atoms with Gasteiger partial charge >= 0.3 is 0 Å². The first kappa shape index (κ1) is 13.3. The van der Waals surface area contributed by atoms with Gasteiger partial charge in [0.25, 0.3) is 0 Å². The molecular weight excluding hydrogens is 227 g/mol. The lowest BCUT2D eigenvalue weighted by atomic mass is 9.88. The van der Waals surface area contributed by atoms with Gasteiger partial charge in [0.05, 0.1) is 0 Å². The van der Waals surface area contributed by atoms with Crippen LogP contribution in [0.5, 0.6) is 0 Å². The van der Waals surface area contributed by atoms with Gasteiger partial charge in [-0.25, -0.2) is 4.39 Å². The summed E-state index contributed by atoms with van der Waals surface area (Å²) < 4.78 is 13.3. The summed E-state index contributed by atoms with van der Waals surface area (Å²) in [4.78, 5) is 2.29. The van der Waals surface area contributed by atoms with Crippen LogP contribution in [0.25, 0.3) is 0 Å². The first-order valence-electron chi connectivity index (χ1n) is 6.63. The van der Waals surface area contributed by atoms with Crippen molar-refractivity contribution in [1.82, 2.24) is 5.32 Å². The largest absolute Gasteiger partial charge is 0.371 e. The molecule has 0 radical (unpaired) electrons. The Bertz CT molecular complexity index is 429. The fourth-order valence-corrected chi connectivity index (χ4v) is 2.73. The Balaban J connectivity index is 2.15. The Labute approximate surface area is 109 Å². The van der Waals surface area contributed by atoms with E-state index in [-0.39, 0.29) is 11.4 Å². The molecule has 1 heterocycles. The van der Waals surface area contributed by atoms with Gasteiger partial charge in [-0.3, -0.25) is 0 Å². The minimum Gasteiger partial charge on any atom is -0.371 e. The number of halogens is 1. The van der Waals surface area contributed by atoms with Crippen molar-refractivity contribution in [2.75, 3.05) is 18.5 Å². The number of rotatable bonds is 2. The van der Waals surface area contributed by atoms with Crippen LogP contribution in [0.3, 0.4) is 0 Å². The Morgan fingerprint density at radius 1 is 1.39 bits per heavy atom. The summed E-state index contributed by atoms with van der Waals surface area (Å²) in [5, 5.41) is 3.53. The molecule has 18 heavy (non-hydrogen) atoms. The van der Waals surface area contributed by atoms with Gasteiger partial charge in [-0.15, -0.1) is 0 Å². The predicted octanol–water partition coefficient (Wildman–Crippen LogP) is 3.10. The van der Waals surface area contributed by atoms with E-state index in [9.17, 15) is 4.39 Å². The highest BCUT2D eigenvalue weighted by Crippen LogP contribution is 2.27. The summed E-state index contributed by atoms with van der Waals surface area (Å²) in [6, 6.07) is 5.89. The second kappa shape index (κ2) is 4.88. The molecule has 0 aromatic heterocycles. The maximum Gasteiger partial charge on any atom is 0.126 e. The average Bonchev–Trinajstić information content (AvgIpc) is 2.30. The van der Waals surface area contributed by atoms with Crippen LogP contribution in [0, 0.1) is 12.7 Å². The van der Waals surface area contributed by atoms with Gasteiger partial charge < -0.3 is 10.2 Å². The summed E-state index contributed by atoms with van der Waals surface area (Å²) in [6.07, 6.45) is 2.25. The molecule has 1 aromatic carbocycles. The third-order valence-electron chi connectivity index (χ3n) is 3.92. The van der Waals surface area contributed by atoms with E-state index in [1.807, 2.05) is 19.1 Å². The summed E-state index contributed by atoms with van der Waals surface area (Å²) in [5.74, 6) is -0.127. The zero-order valence-electron chi connectivity index (χ0n) is 11.8. The third kappa shape index (κ3) is 2.83. The summed E-state index contributed by atoms with van der Waals surface area (Å²) in [5.41, 5.74) is 2.01. The third-order valence-corrected chi connectivity index (χ3v) is 3.92. The number of benzene rings is 1. The maximum absolute atomic E-state index is 13.3. The predicted molar refractivity (Wildman–Crippen MR) is 74.6 cm³/mol. The van der Waals surface area contributed by atoms with Crippen LogP contribution < -0.4 is 10.2 Å². The standard InChI is InChI=1S/C15H23FN2/c1-11-9-12(5-6-14(11)16)18(4)13-7-8-17-15(2,3)10-13/h5-6,9,13,17H,7-8,10H2,1-4H3. The van der Waals surface area contributed by atoms with E-state index in [4.69, 9.17) is 0 Å². The molecule has 1 saturated heterocycles. The molecule has 1 N–H and O–H groups in total. The molecule has 0 aliphatic carbocycles. The van der Waals surface area contributed by atoms with Crippen LogP contribution >= 0.6 is 0 Å². The van der Waals surface area contributed by atoms with Crippen molar-refractivity contribution >= 4 is 5.69 Å². The number of nitrogens with zero attached hydrogens (tertiary/aromatic N) is 1. The zero-order chi connectivity index (χ0) is 13.3. The molecule has 0 amide bonds. The van der Waals surface area contributed by atoms with Crippen LogP contribution in [-0.2, 0) is 0 Å². The fraction of sp³-hybridized carbons (Fsp3) is 0.600. The zero-order valence-corrected chi connectivity index (χ0v) is 11.8. The van der Waals surface area contributed by atoms with Crippen LogP contribution in [0.15, 0.2) is 18.2 Å². The molecule has 2 nitrogen and oxygen atoms in total. The van der Waals surface area contributed by atoms with Gasteiger partial charge in [0, 0.05) is 24.3 Å². The molecule has 1 atom stereocenters. The number of piperidine rings is 1. The van der Waals surface area contributed by atoms with Crippen molar-refractivity contribution < 1.29 is 4.39 Å². The van der Waals surface area contributed by atoms with Gasteiger partial charge in [0.1, 0.15) is 5.82 Å². The van der Waals surface area contributed by atoms with Gasteiger partial charge in [0.2, 0.25) is 0 Å². The van der Waals surface area contributed by atoms with E-state index >= 15 is 0 Å². The van der Waals surface area contributed by atoms with Crippen LogP contribution in [0.4, 0.5) is 10.1 Å². The van der Waals surface area contributed by atoms with Crippen molar-refractivity contribution in [1.29, 1.82) is 0 Å². The van der Waals surface area contributed by atoms with Gasteiger partial charge in [-0.05, 0) is 63.9 Å². The number of hydrogen-bond acceptors (Lipinski definition) is 2. The molecule has 2 rings (SSSR count). The van der Waals surface area contributed by atoms with Crippen molar-refractivity contribution in [3.8, 4) is 0 Å². The summed E-state index contributed by atoms with van der Waals surface area (Å²) in [6.45, 7) is 7.34. The highest BCUT2D eigenvalue weighted by atomic mass is 19.1. The van der Waals surface area contributed by atoms with E-state index in [2.05, 4.69) is 31.1 Å². The lowest BCUT2D eigenvalue weighted by Crippen LogP contribution is -2.52. The molecule has 3 heteroatoms. The fourth-order valence-electron chi connectivity index (χ4n) is 2.73. The molecule has 1 unspecified atom stereocenters.